The third-order valence-corrected chi connectivity index (χ3v) is 9.37. The van der Waals surface area contributed by atoms with Crippen LogP contribution in [0.15, 0.2) is 48.1 Å². The van der Waals surface area contributed by atoms with Gasteiger partial charge in [-0.15, -0.1) is 0 Å². The minimum absolute atomic E-state index is 0.121. The molecule has 2 saturated heterocycles. The SMILES string of the molecule is CCOc1ccc(NC(=O)C2C3C=CC4(O3)C2C(=O)N(CCC2=CCCCC2)C4C(=O)NC2CCCCC2)cc1. The van der Waals surface area contributed by atoms with Gasteiger partial charge in [-0.25, -0.2) is 0 Å². The van der Waals surface area contributed by atoms with Crippen molar-refractivity contribution in [2.75, 3.05) is 18.5 Å². The molecule has 2 N–H and O–H groups in total. The van der Waals surface area contributed by atoms with Crippen LogP contribution >= 0.6 is 0 Å². The second-order valence-electron chi connectivity index (χ2n) is 11.9. The molecule has 1 saturated carbocycles. The van der Waals surface area contributed by atoms with Gasteiger partial charge in [-0.05, 0) is 76.1 Å². The summed E-state index contributed by atoms with van der Waals surface area (Å²) in [5.74, 6) is -1.27. The fourth-order valence-electron chi connectivity index (χ4n) is 7.46. The van der Waals surface area contributed by atoms with E-state index in [2.05, 4.69) is 16.7 Å². The van der Waals surface area contributed by atoms with Gasteiger partial charge in [0.2, 0.25) is 17.7 Å². The van der Waals surface area contributed by atoms with Crippen LogP contribution in [0.2, 0.25) is 0 Å². The number of ether oxygens (including phenoxy) is 2. The van der Waals surface area contributed by atoms with Crippen molar-refractivity contribution in [1.29, 1.82) is 0 Å². The van der Waals surface area contributed by atoms with Crippen LogP contribution in [-0.2, 0) is 19.1 Å². The van der Waals surface area contributed by atoms with Gasteiger partial charge in [0.1, 0.15) is 17.4 Å². The van der Waals surface area contributed by atoms with Crippen LogP contribution in [0.3, 0.4) is 0 Å². The van der Waals surface area contributed by atoms with Gasteiger partial charge >= 0.3 is 0 Å². The van der Waals surface area contributed by atoms with Crippen LogP contribution in [0.4, 0.5) is 5.69 Å². The molecule has 1 aromatic carbocycles. The maximum absolute atomic E-state index is 14.2. The Hall–Kier alpha value is -3.13. The van der Waals surface area contributed by atoms with Crippen molar-refractivity contribution < 1.29 is 23.9 Å². The highest BCUT2D eigenvalue weighted by molar-refractivity contribution is 6.02. The van der Waals surface area contributed by atoms with Crippen molar-refractivity contribution in [3.63, 3.8) is 0 Å². The number of allylic oxidation sites excluding steroid dienone is 1. The minimum Gasteiger partial charge on any atom is -0.494 e. The Morgan fingerprint density at radius 2 is 1.88 bits per heavy atom. The largest absolute Gasteiger partial charge is 0.494 e. The number of benzene rings is 1. The molecule has 3 aliphatic heterocycles. The summed E-state index contributed by atoms with van der Waals surface area (Å²) in [6.07, 6.45) is 16.1. The number of fused-ring (bicyclic) bond motifs is 1. The Labute approximate surface area is 236 Å². The van der Waals surface area contributed by atoms with Crippen molar-refractivity contribution in [2.24, 2.45) is 11.8 Å². The minimum atomic E-state index is -1.12. The Balaban J connectivity index is 1.25. The van der Waals surface area contributed by atoms with Gasteiger partial charge in [-0.1, -0.05) is 43.1 Å². The zero-order chi connectivity index (χ0) is 27.7. The molecule has 8 heteroatoms. The summed E-state index contributed by atoms with van der Waals surface area (Å²) in [5.41, 5.74) is 0.862. The first-order valence-corrected chi connectivity index (χ1v) is 15.2. The van der Waals surface area contributed by atoms with Crippen LogP contribution in [0.25, 0.3) is 0 Å². The van der Waals surface area contributed by atoms with E-state index in [4.69, 9.17) is 9.47 Å². The molecule has 40 heavy (non-hydrogen) atoms. The summed E-state index contributed by atoms with van der Waals surface area (Å²) in [6, 6.07) is 6.56. The second kappa shape index (κ2) is 11.4. The molecule has 5 aliphatic rings. The number of carbonyl (C=O) groups excluding carboxylic acids is 3. The Kier molecular flexibility index (Phi) is 7.71. The number of anilines is 1. The predicted octanol–water partition coefficient (Wildman–Crippen LogP) is 4.51. The zero-order valence-corrected chi connectivity index (χ0v) is 23.4. The average Bonchev–Trinajstić information content (AvgIpc) is 3.61. The summed E-state index contributed by atoms with van der Waals surface area (Å²) >= 11 is 0. The molecule has 214 valence electrons. The van der Waals surface area contributed by atoms with Crippen LogP contribution < -0.4 is 15.4 Å². The van der Waals surface area contributed by atoms with E-state index in [0.29, 0.717) is 18.8 Å². The standard InChI is InChI=1S/C32H41N3O5/c1-2-39-24-15-13-23(14-16-24)33-29(36)26-25-17-19-32(40-25)27(26)31(38)35(20-18-21-9-5-3-6-10-21)28(32)30(37)34-22-11-7-4-8-12-22/h9,13-17,19,22,25-28H,2-8,10-12,18,20H2,1H3,(H,33,36)(H,34,37). The molecule has 2 aliphatic carbocycles. The van der Waals surface area contributed by atoms with Gasteiger partial charge < -0.3 is 25.0 Å². The Morgan fingerprint density at radius 3 is 2.60 bits per heavy atom. The molecule has 0 aromatic heterocycles. The first-order chi connectivity index (χ1) is 19.5. The molecule has 1 spiro atoms. The highest BCUT2D eigenvalue weighted by Gasteiger charge is 2.72. The molecule has 8 nitrogen and oxygen atoms in total. The number of carbonyl (C=O) groups is 3. The summed E-state index contributed by atoms with van der Waals surface area (Å²) < 4.78 is 12.0. The summed E-state index contributed by atoms with van der Waals surface area (Å²) in [4.78, 5) is 43.5. The van der Waals surface area contributed by atoms with Crippen molar-refractivity contribution in [2.45, 2.75) is 94.9 Å². The summed E-state index contributed by atoms with van der Waals surface area (Å²) in [7, 11) is 0. The zero-order valence-electron chi connectivity index (χ0n) is 23.4. The molecule has 2 bridgehead atoms. The highest BCUT2D eigenvalue weighted by Crippen LogP contribution is 2.55. The molecule has 0 radical (unpaired) electrons. The van der Waals surface area contributed by atoms with E-state index in [1.165, 1.54) is 24.8 Å². The lowest BCUT2D eigenvalue weighted by Gasteiger charge is -2.34. The number of nitrogens with zero attached hydrogens (tertiary/aromatic N) is 1. The predicted molar refractivity (Wildman–Crippen MR) is 152 cm³/mol. The number of rotatable bonds is 9. The number of nitrogens with one attached hydrogen (secondary N) is 2. The van der Waals surface area contributed by atoms with E-state index in [0.717, 1.165) is 50.7 Å². The maximum Gasteiger partial charge on any atom is 0.246 e. The molecule has 3 fully saturated rings. The van der Waals surface area contributed by atoms with Crippen molar-refractivity contribution >= 4 is 23.4 Å². The molecule has 3 amide bonds. The number of amides is 3. The average molecular weight is 548 g/mol. The van der Waals surface area contributed by atoms with Crippen LogP contribution in [-0.4, -0.2) is 59.6 Å². The first kappa shape index (κ1) is 27.1. The van der Waals surface area contributed by atoms with Gasteiger partial charge in [0.05, 0.1) is 24.5 Å². The van der Waals surface area contributed by atoms with Gasteiger partial charge in [0.15, 0.2) is 0 Å². The quantitative estimate of drug-likeness (QED) is 0.444. The lowest BCUT2D eigenvalue weighted by atomic mass is 9.74. The second-order valence-corrected chi connectivity index (χ2v) is 11.9. The molecule has 1 aromatic rings. The normalized spacial score (nSPS) is 31.2. The smallest absolute Gasteiger partial charge is 0.246 e. The Bertz CT molecular complexity index is 1190. The van der Waals surface area contributed by atoms with Crippen LogP contribution in [0, 0.1) is 11.8 Å². The summed E-state index contributed by atoms with van der Waals surface area (Å²) in [5, 5.41) is 6.25. The number of hydrogen-bond acceptors (Lipinski definition) is 5. The topological polar surface area (TPSA) is 97.0 Å². The van der Waals surface area contributed by atoms with Crippen molar-refractivity contribution in [1.82, 2.24) is 10.2 Å². The summed E-state index contributed by atoms with van der Waals surface area (Å²) in [6.45, 7) is 2.94. The lowest BCUT2D eigenvalue weighted by molar-refractivity contribution is -0.141. The third-order valence-electron chi connectivity index (χ3n) is 9.37. The number of hydrogen-bond donors (Lipinski definition) is 2. The van der Waals surface area contributed by atoms with E-state index in [1.807, 2.05) is 31.2 Å². The van der Waals surface area contributed by atoms with E-state index >= 15 is 0 Å². The fourth-order valence-corrected chi connectivity index (χ4v) is 7.46. The molecular weight excluding hydrogens is 506 g/mol. The van der Waals surface area contributed by atoms with E-state index < -0.39 is 29.6 Å². The molecular formula is C32H41N3O5. The van der Waals surface area contributed by atoms with E-state index in [1.54, 1.807) is 17.0 Å². The van der Waals surface area contributed by atoms with Gasteiger partial charge in [-0.2, -0.15) is 0 Å². The molecule has 6 rings (SSSR count). The van der Waals surface area contributed by atoms with Gasteiger partial charge in [0, 0.05) is 18.3 Å². The van der Waals surface area contributed by atoms with Gasteiger partial charge in [0.25, 0.3) is 0 Å². The maximum atomic E-state index is 14.2. The number of likely N-dealkylation sites (tertiary alicyclic amines) is 1. The molecule has 3 heterocycles. The van der Waals surface area contributed by atoms with E-state index in [-0.39, 0.29) is 23.8 Å². The van der Waals surface area contributed by atoms with Crippen molar-refractivity contribution in [3.8, 4) is 5.75 Å². The highest BCUT2D eigenvalue weighted by atomic mass is 16.5. The van der Waals surface area contributed by atoms with E-state index in [9.17, 15) is 14.4 Å². The first-order valence-electron chi connectivity index (χ1n) is 15.2. The monoisotopic (exact) mass is 547 g/mol. The lowest BCUT2D eigenvalue weighted by Crippen LogP contribution is -2.56. The fraction of sp³-hybridized carbons (Fsp3) is 0.594. The van der Waals surface area contributed by atoms with Gasteiger partial charge in [-0.3, -0.25) is 14.4 Å². The molecule has 5 atom stereocenters. The van der Waals surface area contributed by atoms with Crippen LogP contribution in [0.5, 0.6) is 5.75 Å². The molecule has 5 unspecified atom stereocenters. The van der Waals surface area contributed by atoms with Crippen molar-refractivity contribution in [3.05, 3.63) is 48.1 Å². The Morgan fingerprint density at radius 1 is 1.07 bits per heavy atom. The third kappa shape index (κ3) is 4.95. The van der Waals surface area contributed by atoms with Crippen LogP contribution in [0.1, 0.15) is 71.1 Å².